The van der Waals surface area contributed by atoms with Gasteiger partial charge >= 0.3 is 5.97 Å². The molecule has 0 saturated heterocycles. The summed E-state index contributed by atoms with van der Waals surface area (Å²) in [6, 6.07) is 3.68. The Labute approximate surface area is 101 Å². The second-order valence-electron chi connectivity index (χ2n) is 4.84. The van der Waals surface area contributed by atoms with Crippen LogP contribution < -0.4 is 0 Å². The average molecular weight is 234 g/mol. The fraction of sp³-hybridized carbons (Fsp3) is 0.500. The van der Waals surface area contributed by atoms with Crippen LogP contribution in [0.4, 0.5) is 0 Å². The van der Waals surface area contributed by atoms with Crippen LogP contribution in [-0.4, -0.2) is 16.2 Å². The molecule has 0 unspecified atom stereocenters. The highest BCUT2D eigenvalue weighted by molar-refractivity contribution is 5.93. The zero-order valence-corrected chi connectivity index (χ0v) is 10.1. The molecule has 3 nitrogen and oxygen atoms in total. The van der Waals surface area contributed by atoms with E-state index in [9.17, 15) is 9.90 Å². The molecule has 0 aromatic heterocycles. The predicted octanol–water partition coefficient (Wildman–Crippen LogP) is 3.45. The van der Waals surface area contributed by atoms with Gasteiger partial charge in [-0.05, 0) is 36.8 Å². The molecule has 0 amide bonds. The van der Waals surface area contributed by atoms with E-state index >= 15 is 0 Å². The molecule has 0 spiro atoms. The molecule has 0 radical (unpaired) electrons. The Morgan fingerprint density at radius 1 is 1.24 bits per heavy atom. The van der Waals surface area contributed by atoms with E-state index in [2.05, 4.69) is 0 Å². The Morgan fingerprint density at radius 3 is 2.47 bits per heavy atom. The van der Waals surface area contributed by atoms with Crippen molar-refractivity contribution in [2.75, 3.05) is 0 Å². The minimum atomic E-state index is -1.04. The Balaban J connectivity index is 2.41. The molecule has 17 heavy (non-hydrogen) atoms. The second kappa shape index (κ2) is 4.78. The first-order chi connectivity index (χ1) is 8.11. The van der Waals surface area contributed by atoms with Crippen molar-refractivity contribution < 1.29 is 15.0 Å². The number of hydrogen-bond acceptors (Lipinski definition) is 2. The molecular weight excluding hydrogens is 216 g/mol. The first-order valence-electron chi connectivity index (χ1n) is 6.17. The van der Waals surface area contributed by atoms with Crippen LogP contribution >= 0.6 is 0 Å². The van der Waals surface area contributed by atoms with Crippen molar-refractivity contribution in [3.05, 3.63) is 28.8 Å². The van der Waals surface area contributed by atoms with Crippen molar-refractivity contribution in [1.29, 1.82) is 0 Å². The summed E-state index contributed by atoms with van der Waals surface area (Å²) >= 11 is 0. The minimum absolute atomic E-state index is 0.0237. The van der Waals surface area contributed by atoms with Gasteiger partial charge in [-0.3, -0.25) is 0 Å². The van der Waals surface area contributed by atoms with Gasteiger partial charge < -0.3 is 10.2 Å². The summed E-state index contributed by atoms with van der Waals surface area (Å²) in [7, 11) is 0. The molecule has 0 bridgehead atoms. The first kappa shape index (κ1) is 12.0. The van der Waals surface area contributed by atoms with Crippen LogP contribution in [0.15, 0.2) is 12.1 Å². The van der Waals surface area contributed by atoms with Gasteiger partial charge in [-0.15, -0.1) is 0 Å². The average Bonchev–Trinajstić information content (AvgIpc) is 2.30. The number of aromatic carboxylic acids is 1. The third kappa shape index (κ3) is 2.28. The van der Waals surface area contributed by atoms with E-state index in [-0.39, 0.29) is 11.3 Å². The van der Waals surface area contributed by atoms with Gasteiger partial charge in [-0.2, -0.15) is 0 Å². The maximum absolute atomic E-state index is 11.1. The molecular formula is C14H18O3. The van der Waals surface area contributed by atoms with Crippen LogP contribution in [0.3, 0.4) is 0 Å². The van der Waals surface area contributed by atoms with E-state index in [1.165, 1.54) is 19.3 Å². The first-order valence-corrected chi connectivity index (χ1v) is 6.17. The fourth-order valence-electron chi connectivity index (χ4n) is 2.72. The highest BCUT2D eigenvalue weighted by atomic mass is 16.4. The van der Waals surface area contributed by atoms with E-state index in [0.29, 0.717) is 11.5 Å². The summed E-state index contributed by atoms with van der Waals surface area (Å²) < 4.78 is 0. The molecule has 1 aromatic carbocycles. The number of rotatable bonds is 2. The highest BCUT2D eigenvalue weighted by Crippen LogP contribution is 2.39. The van der Waals surface area contributed by atoms with Gasteiger partial charge in [0.2, 0.25) is 0 Å². The minimum Gasteiger partial charge on any atom is -0.507 e. The lowest BCUT2D eigenvalue weighted by Gasteiger charge is -2.23. The quantitative estimate of drug-likeness (QED) is 0.824. The number of carboxylic acid groups (broad SMARTS) is 1. The molecule has 1 aliphatic carbocycles. The van der Waals surface area contributed by atoms with Gasteiger partial charge in [0.15, 0.2) is 0 Å². The molecule has 0 atom stereocenters. The molecule has 1 saturated carbocycles. The van der Waals surface area contributed by atoms with E-state index < -0.39 is 5.97 Å². The molecule has 2 N–H and O–H groups in total. The molecule has 1 aliphatic rings. The Morgan fingerprint density at radius 2 is 1.88 bits per heavy atom. The van der Waals surface area contributed by atoms with Gasteiger partial charge in [-0.1, -0.05) is 31.4 Å². The van der Waals surface area contributed by atoms with Crippen molar-refractivity contribution in [2.45, 2.75) is 44.9 Å². The molecule has 2 rings (SSSR count). The molecule has 1 fully saturated rings. The molecule has 0 aliphatic heterocycles. The number of phenols is 1. The zero-order valence-electron chi connectivity index (χ0n) is 10.1. The predicted molar refractivity (Wildman–Crippen MR) is 65.6 cm³/mol. The van der Waals surface area contributed by atoms with Crippen LogP contribution in [0, 0.1) is 6.92 Å². The van der Waals surface area contributed by atoms with Crippen molar-refractivity contribution in [1.82, 2.24) is 0 Å². The van der Waals surface area contributed by atoms with E-state index in [4.69, 9.17) is 5.11 Å². The van der Waals surface area contributed by atoms with Crippen LogP contribution in [0.2, 0.25) is 0 Å². The van der Waals surface area contributed by atoms with Crippen molar-refractivity contribution in [3.8, 4) is 5.75 Å². The van der Waals surface area contributed by atoms with Crippen LogP contribution in [0.5, 0.6) is 5.75 Å². The monoisotopic (exact) mass is 234 g/mol. The number of carboxylic acids is 1. The summed E-state index contributed by atoms with van der Waals surface area (Å²) in [5.74, 6) is -0.746. The lowest BCUT2D eigenvalue weighted by Crippen LogP contribution is -2.08. The summed E-state index contributed by atoms with van der Waals surface area (Å²) in [5, 5.41) is 19.2. The number of aromatic hydroxyl groups is 1. The van der Waals surface area contributed by atoms with Gasteiger partial charge in [0, 0.05) is 0 Å². The highest BCUT2D eigenvalue weighted by Gasteiger charge is 2.23. The Kier molecular flexibility index (Phi) is 3.36. The van der Waals surface area contributed by atoms with Gasteiger partial charge in [0.05, 0.1) is 0 Å². The largest absolute Gasteiger partial charge is 0.507 e. The van der Waals surface area contributed by atoms with Gasteiger partial charge in [0.1, 0.15) is 11.3 Å². The summed E-state index contributed by atoms with van der Waals surface area (Å²) in [5.41, 5.74) is 1.50. The third-order valence-electron chi connectivity index (χ3n) is 3.68. The standard InChI is InChI=1S/C14H18O3/c1-9-7-8-11(10-5-3-2-4-6-10)13(15)12(9)14(16)17/h7-8,10,15H,2-6H2,1H3,(H,16,17). The lowest BCUT2D eigenvalue weighted by molar-refractivity contribution is 0.0692. The van der Waals surface area contributed by atoms with Crippen LogP contribution in [-0.2, 0) is 0 Å². The molecule has 0 heterocycles. The fourth-order valence-corrected chi connectivity index (χ4v) is 2.72. The third-order valence-corrected chi connectivity index (χ3v) is 3.68. The van der Waals surface area contributed by atoms with Crippen molar-refractivity contribution in [2.24, 2.45) is 0 Å². The molecule has 1 aromatic rings. The molecule has 92 valence electrons. The van der Waals surface area contributed by atoms with Gasteiger partial charge in [-0.25, -0.2) is 4.79 Å². The normalized spacial score (nSPS) is 17.0. The number of hydrogen-bond donors (Lipinski definition) is 2. The van der Waals surface area contributed by atoms with E-state index in [1.54, 1.807) is 13.0 Å². The Hall–Kier alpha value is -1.51. The van der Waals surface area contributed by atoms with Crippen molar-refractivity contribution in [3.63, 3.8) is 0 Å². The number of aryl methyl sites for hydroxylation is 1. The maximum atomic E-state index is 11.1. The molecule has 3 heteroatoms. The number of benzene rings is 1. The van der Waals surface area contributed by atoms with Crippen molar-refractivity contribution >= 4 is 5.97 Å². The zero-order chi connectivity index (χ0) is 12.4. The Bertz CT molecular complexity index is 431. The second-order valence-corrected chi connectivity index (χ2v) is 4.84. The smallest absolute Gasteiger partial charge is 0.339 e. The van der Waals surface area contributed by atoms with Crippen LogP contribution in [0.25, 0.3) is 0 Å². The SMILES string of the molecule is Cc1ccc(C2CCCCC2)c(O)c1C(=O)O. The van der Waals surface area contributed by atoms with Crippen LogP contribution in [0.1, 0.15) is 59.5 Å². The van der Waals surface area contributed by atoms with E-state index in [0.717, 1.165) is 18.4 Å². The van der Waals surface area contributed by atoms with Gasteiger partial charge in [0.25, 0.3) is 0 Å². The topological polar surface area (TPSA) is 57.5 Å². The maximum Gasteiger partial charge on any atom is 0.339 e. The lowest BCUT2D eigenvalue weighted by atomic mass is 9.82. The summed E-state index contributed by atoms with van der Waals surface area (Å²) in [6.45, 7) is 1.72. The summed E-state index contributed by atoms with van der Waals surface area (Å²) in [4.78, 5) is 11.1. The van der Waals surface area contributed by atoms with E-state index in [1.807, 2.05) is 6.07 Å². The number of carbonyl (C=O) groups is 1. The summed E-state index contributed by atoms with van der Waals surface area (Å²) in [6.07, 6.45) is 5.68.